The fraction of sp³-hybridized carbons (Fsp3) is 0.150. The molecule has 1 aromatic heterocycles. The van der Waals surface area contributed by atoms with Crippen LogP contribution in [0.2, 0.25) is 0 Å². The molecule has 0 fully saturated rings. The number of hydrogen-bond donors (Lipinski definition) is 1. The van der Waals surface area contributed by atoms with E-state index in [0.717, 1.165) is 11.6 Å². The number of para-hydroxylation sites is 2. The maximum atomic E-state index is 12.9. The maximum absolute atomic E-state index is 12.9. The third-order valence-electron chi connectivity index (χ3n) is 3.71. The van der Waals surface area contributed by atoms with E-state index in [1.54, 1.807) is 24.3 Å². The van der Waals surface area contributed by atoms with Crippen LogP contribution in [0.3, 0.4) is 0 Å². The number of fused-ring (bicyclic) bond motifs is 1. The number of nitrogens with one attached hydrogen (secondary N) is 1. The molecule has 0 aliphatic carbocycles. The van der Waals surface area contributed by atoms with Crippen molar-refractivity contribution in [3.05, 3.63) is 71.9 Å². The van der Waals surface area contributed by atoms with Crippen LogP contribution in [-0.2, 0) is 20.9 Å². The van der Waals surface area contributed by atoms with Gasteiger partial charge in [-0.15, -0.1) is 0 Å². The van der Waals surface area contributed by atoms with Gasteiger partial charge in [0.2, 0.25) is 5.89 Å². The zero-order chi connectivity index (χ0) is 19.2. The number of ether oxygens (including phenoxy) is 1. The van der Waals surface area contributed by atoms with Gasteiger partial charge in [0.1, 0.15) is 11.3 Å². The second-order valence-corrected chi connectivity index (χ2v) is 5.78. The van der Waals surface area contributed by atoms with Crippen molar-refractivity contribution in [1.29, 1.82) is 0 Å². The lowest BCUT2D eigenvalue weighted by Gasteiger charge is -2.12. The van der Waals surface area contributed by atoms with Gasteiger partial charge in [-0.3, -0.25) is 4.79 Å². The Labute approximate surface area is 154 Å². The summed E-state index contributed by atoms with van der Waals surface area (Å²) in [6, 6.07) is 13.0. The summed E-state index contributed by atoms with van der Waals surface area (Å²) in [5.41, 5.74) is 2.03. The van der Waals surface area contributed by atoms with E-state index in [4.69, 9.17) is 9.15 Å². The summed E-state index contributed by atoms with van der Waals surface area (Å²) >= 11 is 0. The third-order valence-corrected chi connectivity index (χ3v) is 3.71. The van der Waals surface area contributed by atoms with Gasteiger partial charge in [-0.05, 0) is 36.8 Å². The minimum Gasteiger partial charge on any atom is -0.449 e. The number of rotatable bonds is 6. The maximum Gasteiger partial charge on any atom is 0.331 e. The van der Waals surface area contributed by atoms with Gasteiger partial charge >= 0.3 is 5.97 Å². The largest absolute Gasteiger partial charge is 0.449 e. The van der Waals surface area contributed by atoms with Crippen LogP contribution in [0.1, 0.15) is 18.4 Å². The highest BCUT2D eigenvalue weighted by Crippen LogP contribution is 2.15. The highest BCUT2D eigenvalue weighted by molar-refractivity contribution is 5.90. The van der Waals surface area contributed by atoms with Gasteiger partial charge in [0.05, 0.1) is 0 Å². The number of hydrogen-bond acceptors (Lipinski definition) is 5. The Bertz CT molecular complexity index is 946. The Morgan fingerprint density at radius 1 is 1.22 bits per heavy atom. The Balaban J connectivity index is 1.50. The van der Waals surface area contributed by atoms with Crippen LogP contribution in [0.25, 0.3) is 17.2 Å². The molecule has 0 aliphatic heterocycles. The average molecular weight is 368 g/mol. The van der Waals surface area contributed by atoms with Gasteiger partial charge in [-0.25, -0.2) is 14.2 Å². The topological polar surface area (TPSA) is 81.4 Å². The first-order valence-corrected chi connectivity index (χ1v) is 8.28. The fourth-order valence-corrected chi connectivity index (χ4v) is 2.30. The van der Waals surface area contributed by atoms with Crippen molar-refractivity contribution in [3.63, 3.8) is 0 Å². The van der Waals surface area contributed by atoms with Crippen LogP contribution < -0.4 is 5.32 Å². The number of carbonyl (C=O) groups excluding carboxylic acids is 2. The first-order chi connectivity index (χ1) is 13.0. The van der Waals surface area contributed by atoms with E-state index in [1.165, 1.54) is 25.1 Å². The first kappa shape index (κ1) is 18.3. The van der Waals surface area contributed by atoms with Crippen LogP contribution in [0, 0.1) is 5.82 Å². The van der Waals surface area contributed by atoms with Crippen LogP contribution in [-0.4, -0.2) is 23.0 Å². The Kier molecular flexibility index (Phi) is 5.61. The van der Waals surface area contributed by atoms with Crippen molar-refractivity contribution < 1.29 is 23.1 Å². The molecule has 2 aromatic carbocycles. The number of carbonyl (C=O) groups is 2. The number of esters is 1. The lowest BCUT2D eigenvalue weighted by atomic mass is 10.2. The average Bonchev–Trinajstić information content (AvgIpc) is 3.08. The Hall–Kier alpha value is -3.48. The van der Waals surface area contributed by atoms with Crippen molar-refractivity contribution in [2.24, 2.45) is 0 Å². The molecule has 0 aliphatic rings. The van der Waals surface area contributed by atoms with Gasteiger partial charge in [0, 0.05) is 18.7 Å². The van der Waals surface area contributed by atoms with Crippen LogP contribution >= 0.6 is 0 Å². The summed E-state index contributed by atoms with van der Waals surface area (Å²) in [5.74, 6) is -1.23. The zero-order valence-electron chi connectivity index (χ0n) is 14.5. The predicted molar refractivity (Wildman–Crippen MR) is 96.8 cm³/mol. The molecule has 1 unspecified atom stereocenters. The standard InChI is InChI=1S/C20H17FN2O4/c1-13(20(25)22-12-14-6-8-15(21)9-7-14)26-19(24)11-10-18-23-16-4-2-3-5-17(16)27-18/h2-11,13H,12H2,1H3,(H,22,25)/b11-10+. The molecule has 0 bridgehead atoms. The first-order valence-electron chi connectivity index (χ1n) is 8.28. The van der Waals surface area contributed by atoms with E-state index in [0.29, 0.717) is 11.1 Å². The van der Waals surface area contributed by atoms with Crippen LogP contribution in [0.5, 0.6) is 0 Å². The highest BCUT2D eigenvalue weighted by Gasteiger charge is 2.16. The molecule has 27 heavy (non-hydrogen) atoms. The summed E-state index contributed by atoms with van der Waals surface area (Å²) in [4.78, 5) is 28.1. The summed E-state index contributed by atoms with van der Waals surface area (Å²) in [6.07, 6.45) is 1.55. The quantitative estimate of drug-likeness (QED) is 0.534. The number of nitrogens with zero attached hydrogens (tertiary/aromatic N) is 1. The van der Waals surface area contributed by atoms with Gasteiger partial charge < -0.3 is 14.5 Å². The molecule has 6 nitrogen and oxygen atoms in total. The number of benzene rings is 2. The molecule has 138 valence electrons. The summed E-state index contributed by atoms with van der Waals surface area (Å²) < 4.78 is 23.4. The van der Waals surface area contributed by atoms with Crippen LogP contribution in [0.15, 0.2) is 59.0 Å². The summed E-state index contributed by atoms with van der Waals surface area (Å²) in [7, 11) is 0. The summed E-state index contributed by atoms with van der Waals surface area (Å²) in [5, 5.41) is 2.62. The number of oxazole rings is 1. The Morgan fingerprint density at radius 2 is 1.96 bits per heavy atom. The lowest BCUT2D eigenvalue weighted by Crippen LogP contribution is -2.35. The van der Waals surface area contributed by atoms with E-state index in [1.807, 2.05) is 12.1 Å². The predicted octanol–water partition coefficient (Wildman–Crippen LogP) is 3.23. The zero-order valence-corrected chi connectivity index (χ0v) is 14.5. The van der Waals surface area contributed by atoms with Crippen molar-refractivity contribution in [2.45, 2.75) is 19.6 Å². The van der Waals surface area contributed by atoms with Crippen LogP contribution in [0.4, 0.5) is 4.39 Å². The third kappa shape index (κ3) is 5.01. The van der Waals surface area contributed by atoms with Crippen molar-refractivity contribution >= 4 is 29.1 Å². The molecular formula is C20H17FN2O4. The smallest absolute Gasteiger partial charge is 0.331 e. The molecule has 1 amide bonds. The minimum atomic E-state index is -0.980. The molecule has 3 aromatic rings. The molecule has 1 heterocycles. The normalized spacial score (nSPS) is 12.2. The molecular weight excluding hydrogens is 351 g/mol. The number of amides is 1. The van der Waals surface area contributed by atoms with Gasteiger partial charge in [0.15, 0.2) is 11.7 Å². The molecule has 3 rings (SSSR count). The second-order valence-electron chi connectivity index (χ2n) is 5.78. The van der Waals surface area contributed by atoms with Gasteiger partial charge in [0.25, 0.3) is 5.91 Å². The minimum absolute atomic E-state index is 0.208. The fourth-order valence-electron chi connectivity index (χ4n) is 2.30. The number of halogens is 1. The van der Waals surface area contributed by atoms with Crippen molar-refractivity contribution in [2.75, 3.05) is 0 Å². The monoisotopic (exact) mass is 368 g/mol. The molecule has 0 spiro atoms. The lowest BCUT2D eigenvalue weighted by molar-refractivity contribution is -0.150. The van der Waals surface area contributed by atoms with E-state index < -0.39 is 18.0 Å². The molecule has 1 N–H and O–H groups in total. The summed E-state index contributed by atoms with van der Waals surface area (Å²) in [6.45, 7) is 1.67. The van der Waals surface area contributed by atoms with Crippen molar-refractivity contribution in [3.8, 4) is 0 Å². The molecule has 7 heteroatoms. The van der Waals surface area contributed by atoms with E-state index in [9.17, 15) is 14.0 Å². The molecule has 1 atom stereocenters. The molecule has 0 saturated carbocycles. The molecule has 0 saturated heterocycles. The second kappa shape index (κ2) is 8.27. The molecule has 0 radical (unpaired) electrons. The Morgan fingerprint density at radius 3 is 2.70 bits per heavy atom. The SMILES string of the molecule is CC(OC(=O)/C=C/c1nc2ccccc2o1)C(=O)NCc1ccc(F)cc1. The van der Waals surface area contributed by atoms with Crippen molar-refractivity contribution in [1.82, 2.24) is 10.3 Å². The number of aromatic nitrogens is 1. The highest BCUT2D eigenvalue weighted by atomic mass is 19.1. The van der Waals surface area contributed by atoms with E-state index in [2.05, 4.69) is 10.3 Å². The van der Waals surface area contributed by atoms with Gasteiger partial charge in [-0.2, -0.15) is 0 Å². The van der Waals surface area contributed by atoms with Gasteiger partial charge in [-0.1, -0.05) is 24.3 Å². The van der Waals surface area contributed by atoms with E-state index in [-0.39, 0.29) is 18.3 Å². The van der Waals surface area contributed by atoms with E-state index >= 15 is 0 Å².